The lowest BCUT2D eigenvalue weighted by atomic mass is 9.89. The number of carbonyl (C=O) groups is 2. The highest BCUT2D eigenvalue weighted by Crippen LogP contribution is 2.25. The summed E-state index contributed by atoms with van der Waals surface area (Å²) in [7, 11) is 1.60. The van der Waals surface area contributed by atoms with Crippen molar-refractivity contribution in [3.05, 3.63) is 17.0 Å². The Kier molecular flexibility index (Phi) is 5.76. The first-order valence-corrected chi connectivity index (χ1v) is 7.93. The van der Waals surface area contributed by atoms with Gasteiger partial charge in [-0.25, -0.2) is 0 Å². The number of likely N-dealkylation sites (tertiary alicyclic amines) is 1. The first kappa shape index (κ1) is 17.5. The topological polar surface area (TPSA) is 84.7 Å². The molecule has 1 aromatic heterocycles. The Morgan fingerprint density at radius 3 is 2.83 bits per heavy atom. The summed E-state index contributed by atoms with van der Waals surface area (Å²) in [5, 5.41) is 6.83. The number of hydrogen-bond donors (Lipinski definition) is 1. The molecule has 0 radical (unpaired) electrons. The van der Waals surface area contributed by atoms with Crippen molar-refractivity contribution in [3.8, 4) is 0 Å². The van der Waals surface area contributed by atoms with E-state index in [0.29, 0.717) is 32.5 Å². The van der Waals surface area contributed by atoms with E-state index >= 15 is 0 Å². The summed E-state index contributed by atoms with van der Waals surface area (Å²) in [6.45, 7) is 7.00. The van der Waals surface area contributed by atoms with Crippen molar-refractivity contribution in [3.63, 3.8) is 0 Å². The van der Waals surface area contributed by atoms with Gasteiger partial charge < -0.3 is 19.5 Å². The van der Waals surface area contributed by atoms with Gasteiger partial charge in [-0.15, -0.1) is 0 Å². The van der Waals surface area contributed by atoms with Gasteiger partial charge in [-0.2, -0.15) is 0 Å². The fourth-order valence-electron chi connectivity index (χ4n) is 3.04. The minimum Gasteiger partial charge on any atom is -0.383 e. The highest BCUT2D eigenvalue weighted by Gasteiger charge is 2.36. The van der Waals surface area contributed by atoms with Crippen LogP contribution in [0.4, 0.5) is 0 Å². The van der Waals surface area contributed by atoms with E-state index in [0.717, 1.165) is 17.0 Å². The molecule has 128 valence electrons. The fraction of sp³-hybridized carbons (Fsp3) is 0.688. The quantitative estimate of drug-likeness (QED) is 0.850. The second-order valence-corrected chi connectivity index (χ2v) is 5.99. The molecule has 0 spiro atoms. The van der Waals surface area contributed by atoms with Crippen LogP contribution in [0.1, 0.15) is 36.8 Å². The molecular formula is C16H25N3O4. The van der Waals surface area contributed by atoms with E-state index in [-0.39, 0.29) is 23.8 Å². The molecule has 1 saturated heterocycles. The average Bonchev–Trinajstić information content (AvgIpc) is 2.83. The Hall–Kier alpha value is -1.89. The molecule has 2 rings (SSSR count). The van der Waals surface area contributed by atoms with Gasteiger partial charge in [0.15, 0.2) is 0 Å². The smallest absolute Gasteiger partial charge is 0.225 e. The Labute approximate surface area is 136 Å². The van der Waals surface area contributed by atoms with E-state index in [1.54, 1.807) is 12.0 Å². The van der Waals surface area contributed by atoms with Crippen molar-refractivity contribution in [1.82, 2.24) is 15.4 Å². The highest BCUT2D eigenvalue weighted by molar-refractivity contribution is 5.84. The third-order valence-corrected chi connectivity index (χ3v) is 4.56. The molecule has 1 N–H and O–H groups in total. The summed E-state index contributed by atoms with van der Waals surface area (Å²) in [5.41, 5.74) is 1.70. The standard InChI is InChI=1S/C16H25N3O4/c1-10-14(12(3)23-18-10)9-17-16(21)13-5-6-15(20)19(11(13)2)7-8-22-4/h11,13H,5-9H2,1-4H3,(H,17,21)/t11-,13-/m1/s1. The van der Waals surface area contributed by atoms with Crippen LogP contribution in [0.5, 0.6) is 0 Å². The van der Waals surface area contributed by atoms with E-state index in [2.05, 4.69) is 10.5 Å². The highest BCUT2D eigenvalue weighted by atomic mass is 16.5. The fourth-order valence-corrected chi connectivity index (χ4v) is 3.04. The second kappa shape index (κ2) is 7.59. The number of hydrogen-bond acceptors (Lipinski definition) is 5. The van der Waals surface area contributed by atoms with Crippen LogP contribution in [-0.2, 0) is 20.9 Å². The SMILES string of the molecule is COCCN1C(=O)CC[C@@H](C(=O)NCc2c(C)noc2C)[C@H]1C. The molecule has 0 aliphatic carbocycles. The number of aryl methyl sites for hydroxylation is 2. The maximum Gasteiger partial charge on any atom is 0.225 e. The van der Waals surface area contributed by atoms with Gasteiger partial charge in [-0.05, 0) is 27.2 Å². The van der Waals surface area contributed by atoms with Crippen LogP contribution in [0.3, 0.4) is 0 Å². The molecule has 1 fully saturated rings. The van der Waals surface area contributed by atoms with Crippen molar-refractivity contribution in [2.24, 2.45) is 5.92 Å². The molecule has 2 heterocycles. The Balaban J connectivity index is 1.97. The summed E-state index contributed by atoms with van der Waals surface area (Å²) >= 11 is 0. The predicted octanol–water partition coefficient (Wildman–Crippen LogP) is 1.18. The number of aromatic nitrogens is 1. The first-order valence-electron chi connectivity index (χ1n) is 7.93. The number of methoxy groups -OCH3 is 1. The van der Waals surface area contributed by atoms with Gasteiger partial charge in [-0.1, -0.05) is 5.16 Å². The lowest BCUT2D eigenvalue weighted by molar-refractivity contribution is -0.143. The number of nitrogens with zero attached hydrogens (tertiary/aromatic N) is 2. The monoisotopic (exact) mass is 323 g/mol. The van der Waals surface area contributed by atoms with E-state index in [1.807, 2.05) is 20.8 Å². The average molecular weight is 323 g/mol. The van der Waals surface area contributed by atoms with E-state index in [9.17, 15) is 9.59 Å². The Bertz CT molecular complexity index is 550. The summed E-state index contributed by atoms with van der Waals surface area (Å²) in [6.07, 6.45) is 0.981. The molecule has 0 aromatic carbocycles. The van der Waals surface area contributed by atoms with Gasteiger partial charge in [-0.3, -0.25) is 9.59 Å². The third-order valence-electron chi connectivity index (χ3n) is 4.56. The maximum absolute atomic E-state index is 12.5. The van der Waals surface area contributed by atoms with Crippen LogP contribution >= 0.6 is 0 Å². The van der Waals surface area contributed by atoms with Crippen LogP contribution in [0.15, 0.2) is 4.52 Å². The molecule has 1 aliphatic rings. The normalized spacial score (nSPS) is 21.6. The molecule has 0 unspecified atom stereocenters. The van der Waals surface area contributed by atoms with E-state index < -0.39 is 0 Å². The van der Waals surface area contributed by atoms with Gasteiger partial charge in [0, 0.05) is 38.2 Å². The zero-order valence-electron chi connectivity index (χ0n) is 14.2. The Morgan fingerprint density at radius 2 is 2.22 bits per heavy atom. The third kappa shape index (κ3) is 3.90. The van der Waals surface area contributed by atoms with Crippen LogP contribution in [0.25, 0.3) is 0 Å². The largest absolute Gasteiger partial charge is 0.383 e. The molecule has 2 amide bonds. The van der Waals surface area contributed by atoms with E-state index in [1.165, 1.54) is 0 Å². The zero-order valence-corrected chi connectivity index (χ0v) is 14.2. The van der Waals surface area contributed by atoms with Crippen LogP contribution in [-0.4, -0.2) is 48.2 Å². The molecule has 7 heteroatoms. The summed E-state index contributed by atoms with van der Waals surface area (Å²) < 4.78 is 10.1. The lowest BCUT2D eigenvalue weighted by Gasteiger charge is -2.38. The number of ether oxygens (including phenoxy) is 1. The molecule has 0 bridgehead atoms. The molecule has 1 aromatic rings. The van der Waals surface area contributed by atoms with E-state index in [4.69, 9.17) is 9.26 Å². The molecule has 2 atom stereocenters. The maximum atomic E-state index is 12.5. The van der Waals surface area contributed by atoms with Gasteiger partial charge in [0.1, 0.15) is 5.76 Å². The number of nitrogens with one attached hydrogen (secondary N) is 1. The molecule has 7 nitrogen and oxygen atoms in total. The minimum absolute atomic E-state index is 0.0348. The van der Waals surface area contributed by atoms with Crippen molar-refractivity contribution in [2.45, 2.75) is 46.2 Å². The van der Waals surface area contributed by atoms with Crippen LogP contribution < -0.4 is 5.32 Å². The van der Waals surface area contributed by atoms with Crippen molar-refractivity contribution in [1.29, 1.82) is 0 Å². The molecule has 1 aliphatic heterocycles. The predicted molar refractivity (Wildman–Crippen MR) is 83.6 cm³/mol. The number of carbonyl (C=O) groups excluding carboxylic acids is 2. The number of rotatable bonds is 6. The van der Waals surface area contributed by atoms with Crippen molar-refractivity contribution in [2.75, 3.05) is 20.3 Å². The summed E-state index contributed by atoms with van der Waals surface area (Å²) in [6, 6.07) is -0.129. The molecular weight excluding hydrogens is 298 g/mol. The second-order valence-electron chi connectivity index (χ2n) is 5.99. The number of amides is 2. The zero-order chi connectivity index (χ0) is 17.0. The van der Waals surface area contributed by atoms with Gasteiger partial charge >= 0.3 is 0 Å². The first-order chi connectivity index (χ1) is 11.0. The number of piperidine rings is 1. The van der Waals surface area contributed by atoms with Crippen molar-refractivity contribution < 1.29 is 18.8 Å². The molecule has 23 heavy (non-hydrogen) atoms. The summed E-state index contributed by atoms with van der Waals surface area (Å²) in [5.74, 6) is 0.568. The van der Waals surface area contributed by atoms with Crippen molar-refractivity contribution >= 4 is 11.8 Å². The van der Waals surface area contributed by atoms with Gasteiger partial charge in [0.2, 0.25) is 11.8 Å². The summed E-state index contributed by atoms with van der Waals surface area (Å²) in [4.78, 5) is 26.3. The van der Waals surface area contributed by atoms with Gasteiger partial charge in [0.05, 0.1) is 18.2 Å². The lowest BCUT2D eigenvalue weighted by Crippen LogP contribution is -2.52. The van der Waals surface area contributed by atoms with Crippen LogP contribution in [0, 0.1) is 19.8 Å². The minimum atomic E-state index is -0.204. The van der Waals surface area contributed by atoms with Crippen LogP contribution in [0.2, 0.25) is 0 Å². The molecule has 0 saturated carbocycles. The van der Waals surface area contributed by atoms with Gasteiger partial charge in [0.25, 0.3) is 0 Å². The Morgan fingerprint density at radius 1 is 1.48 bits per heavy atom.